The van der Waals surface area contributed by atoms with E-state index >= 15 is 0 Å². The van der Waals surface area contributed by atoms with Crippen molar-refractivity contribution in [3.63, 3.8) is 0 Å². The lowest BCUT2D eigenvalue weighted by Gasteiger charge is -2.34. The van der Waals surface area contributed by atoms with Crippen molar-refractivity contribution in [1.29, 1.82) is 0 Å². The fraction of sp³-hybridized carbons (Fsp3) is 0.833. The van der Waals surface area contributed by atoms with Crippen LogP contribution in [0, 0.1) is 5.92 Å². The second kappa shape index (κ2) is 9.93. The van der Waals surface area contributed by atoms with Crippen LogP contribution in [0.4, 0.5) is 4.79 Å². The summed E-state index contributed by atoms with van der Waals surface area (Å²) >= 11 is 0. The first kappa shape index (κ1) is 20.0. The van der Waals surface area contributed by atoms with E-state index in [1.165, 1.54) is 32.5 Å². The molecule has 0 spiro atoms. The summed E-state index contributed by atoms with van der Waals surface area (Å²) in [4.78, 5) is 14.0. The summed E-state index contributed by atoms with van der Waals surface area (Å²) in [5.41, 5.74) is -0.446. The third-order valence-electron chi connectivity index (χ3n) is 4.27. The van der Waals surface area contributed by atoms with Crippen molar-refractivity contribution in [2.45, 2.75) is 59.1 Å². The minimum absolute atomic E-state index is 0.369. The van der Waals surface area contributed by atoms with Crippen LogP contribution < -0.4 is 10.6 Å². The Labute approximate surface area is 141 Å². The van der Waals surface area contributed by atoms with Gasteiger partial charge in [-0.05, 0) is 66.1 Å². The third kappa shape index (κ3) is 8.96. The van der Waals surface area contributed by atoms with E-state index in [4.69, 9.17) is 4.74 Å². The zero-order chi connectivity index (χ0) is 17.3. The van der Waals surface area contributed by atoms with E-state index in [2.05, 4.69) is 35.5 Å². The monoisotopic (exact) mass is 325 g/mol. The van der Waals surface area contributed by atoms with Crippen LogP contribution in [0.1, 0.15) is 47.5 Å². The molecule has 0 bridgehead atoms. The van der Waals surface area contributed by atoms with E-state index < -0.39 is 5.60 Å². The lowest BCUT2D eigenvalue weighted by Crippen LogP contribution is -2.41. The largest absolute Gasteiger partial charge is 0.444 e. The van der Waals surface area contributed by atoms with Gasteiger partial charge in [0.25, 0.3) is 0 Å². The van der Waals surface area contributed by atoms with Gasteiger partial charge in [0.05, 0.1) is 0 Å². The second-order valence-corrected chi connectivity index (χ2v) is 7.32. The Morgan fingerprint density at radius 1 is 1.26 bits per heavy atom. The van der Waals surface area contributed by atoms with Gasteiger partial charge >= 0.3 is 6.09 Å². The highest BCUT2D eigenvalue weighted by Crippen LogP contribution is 2.20. The highest BCUT2D eigenvalue weighted by atomic mass is 16.6. The van der Waals surface area contributed by atoms with Crippen LogP contribution in [0.25, 0.3) is 0 Å². The Bertz CT molecular complexity index is 369. The average Bonchev–Trinajstić information content (AvgIpc) is 2.48. The van der Waals surface area contributed by atoms with E-state index in [0.717, 1.165) is 12.5 Å². The van der Waals surface area contributed by atoms with E-state index in [9.17, 15) is 4.79 Å². The fourth-order valence-corrected chi connectivity index (χ4v) is 2.81. The average molecular weight is 325 g/mol. The first-order valence-corrected chi connectivity index (χ1v) is 8.89. The van der Waals surface area contributed by atoms with Gasteiger partial charge in [-0.15, -0.1) is 0 Å². The van der Waals surface area contributed by atoms with Crippen molar-refractivity contribution < 1.29 is 9.53 Å². The third-order valence-corrected chi connectivity index (χ3v) is 4.27. The normalized spacial score (nSPS) is 19.0. The summed E-state index contributed by atoms with van der Waals surface area (Å²) in [6.45, 7) is 15.0. The molecule has 0 aromatic rings. The van der Waals surface area contributed by atoms with Gasteiger partial charge in [0, 0.05) is 19.1 Å². The van der Waals surface area contributed by atoms with Crippen LogP contribution in [0.2, 0.25) is 0 Å². The number of ether oxygens (including phenoxy) is 1. The first-order chi connectivity index (χ1) is 10.8. The number of likely N-dealkylation sites (tertiary alicyclic amines) is 1. The summed E-state index contributed by atoms with van der Waals surface area (Å²) in [7, 11) is 0. The van der Waals surface area contributed by atoms with Crippen LogP contribution in [-0.2, 0) is 4.74 Å². The van der Waals surface area contributed by atoms with Gasteiger partial charge in [-0.2, -0.15) is 0 Å². The number of rotatable bonds is 7. The molecule has 0 aromatic heterocycles. The molecule has 1 heterocycles. The van der Waals surface area contributed by atoms with E-state index in [-0.39, 0.29) is 6.09 Å². The predicted molar refractivity (Wildman–Crippen MR) is 95.7 cm³/mol. The number of nitrogens with zero attached hydrogens (tertiary/aromatic N) is 1. The van der Waals surface area contributed by atoms with Crippen molar-refractivity contribution in [3.05, 3.63) is 12.2 Å². The van der Waals surface area contributed by atoms with Crippen molar-refractivity contribution in [2.75, 3.05) is 32.7 Å². The maximum Gasteiger partial charge on any atom is 0.407 e. The molecule has 0 aromatic carbocycles. The Morgan fingerprint density at radius 3 is 2.43 bits per heavy atom. The smallest absolute Gasteiger partial charge is 0.407 e. The lowest BCUT2D eigenvalue weighted by molar-refractivity contribution is 0.0534. The molecular formula is C18H35N3O2. The number of carbonyl (C=O) groups excluding carboxylic acids is 1. The Kier molecular flexibility index (Phi) is 8.63. The lowest BCUT2D eigenvalue weighted by atomic mass is 9.90. The summed E-state index contributed by atoms with van der Waals surface area (Å²) in [5, 5.41) is 6.28. The molecule has 1 unspecified atom stereocenters. The molecule has 1 atom stereocenters. The standard InChI is InChI=1S/C18H35N3O2/c1-6-21-13-9-16(10-14-21)15(2)19-11-7-8-12-20-17(22)23-18(3,4)5/h7-8,15-16,19H,6,9-14H2,1-5H3,(H,20,22)/b8-7+. The number of hydrogen-bond donors (Lipinski definition) is 2. The fourth-order valence-electron chi connectivity index (χ4n) is 2.81. The first-order valence-electron chi connectivity index (χ1n) is 8.89. The zero-order valence-corrected chi connectivity index (χ0v) is 15.5. The maximum atomic E-state index is 11.5. The molecule has 1 saturated heterocycles. The van der Waals surface area contributed by atoms with Gasteiger partial charge in [0.1, 0.15) is 5.60 Å². The molecule has 0 aliphatic carbocycles. The number of amides is 1. The maximum absolute atomic E-state index is 11.5. The van der Waals surface area contributed by atoms with Gasteiger partial charge in [0.2, 0.25) is 0 Å². The highest BCUT2D eigenvalue weighted by molar-refractivity contribution is 5.67. The summed E-state index contributed by atoms with van der Waals surface area (Å²) < 4.78 is 5.18. The second-order valence-electron chi connectivity index (χ2n) is 7.32. The molecule has 134 valence electrons. The molecule has 23 heavy (non-hydrogen) atoms. The molecule has 1 aliphatic rings. The van der Waals surface area contributed by atoms with Gasteiger partial charge in [-0.1, -0.05) is 19.1 Å². The van der Waals surface area contributed by atoms with E-state index in [1.807, 2.05) is 26.8 Å². The van der Waals surface area contributed by atoms with Crippen LogP contribution >= 0.6 is 0 Å². The highest BCUT2D eigenvalue weighted by Gasteiger charge is 2.22. The molecule has 2 N–H and O–H groups in total. The van der Waals surface area contributed by atoms with Crippen molar-refractivity contribution >= 4 is 6.09 Å². The molecule has 5 heteroatoms. The molecule has 5 nitrogen and oxygen atoms in total. The summed E-state index contributed by atoms with van der Waals surface area (Å²) in [5.74, 6) is 0.770. The van der Waals surface area contributed by atoms with Crippen molar-refractivity contribution in [3.8, 4) is 0 Å². The van der Waals surface area contributed by atoms with Gasteiger partial charge in [0.15, 0.2) is 0 Å². The van der Waals surface area contributed by atoms with E-state index in [1.54, 1.807) is 0 Å². The van der Waals surface area contributed by atoms with Gasteiger partial charge < -0.3 is 20.3 Å². The number of piperidine rings is 1. The number of carbonyl (C=O) groups is 1. The van der Waals surface area contributed by atoms with Crippen molar-refractivity contribution in [2.24, 2.45) is 5.92 Å². The SMILES string of the molecule is CCN1CCC(C(C)NC/C=C/CNC(=O)OC(C)(C)C)CC1. The Hall–Kier alpha value is -1.07. The quantitative estimate of drug-likeness (QED) is 0.707. The van der Waals surface area contributed by atoms with Gasteiger partial charge in [-0.25, -0.2) is 4.79 Å². The molecule has 0 saturated carbocycles. The summed E-state index contributed by atoms with van der Waals surface area (Å²) in [6, 6.07) is 0.539. The van der Waals surface area contributed by atoms with E-state index in [0.29, 0.717) is 12.6 Å². The topological polar surface area (TPSA) is 53.6 Å². The van der Waals surface area contributed by atoms with Crippen LogP contribution in [0.5, 0.6) is 0 Å². The Morgan fingerprint density at radius 2 is 1.87 bits per heavy atom. The number of nitrogens with one attached hydrogen (secondary N) is 2. The molecule has 1 rings (SSSR count). The molecule has 1 fully saturated rings. The minimum Gasteiger partial charge on any atom is -0.444 e. The minimum atomic E-state index is -0.446. The molecule has 1 amide bonds. The predicted octanol–water partition coefficient (Wildman–Crippen LogP) is 2.78. The number of alkyl carbamates (subject to hydrolysis) is 1. The zero-order valence-electron chi connectivity index (χ0n) is 15.5. The van der Waals surface area contributed by atoms with Crippen molar-refractivity contribution in [1.82, 2.24) is 15.5 Å². The number of hydrogen-bond acceptors (Lipinski definition) is 4. The summed E-state index contributed by atoms with van der Waals surface area (Å²) in [6.07, 6.45) is 6.22. The van der Waals surface area contributed by atoms with Crippen LogP contribution in [0.3, 0.4) is 0 Å². The molecule has 1 aliphatic heterocycles. The van der Waals surface area contributed by atoms with Crippen LogP contribution in [0.15, 0.2) is 12.2 Å². The van der Waals surface area contributed by atoms with Crippen LogP contribution in [-0.4, -0.2) is 55.4 Å². The van der Waals surface area contributed by atoms with Gasteiger partial charge in [-0.3, -0.25) is 0 Å². The Balaban J connectivity index is 2.10. The molecule has 0 radical (unpaired) electrons. The molecular weight excluding hydrogens is 290 g/mol.